The zero-order valence-electron chi connectivity index (χ0n) is 5.41. The number of allylic oxidation sites excluding steroid dienone is 2. The van der Waals surface area contributed by atoms with Gasteiger partial charge in [-0.2, -0.15) is 5.26 Å². The first-order valence-corrected chi connectivity index (χ1v) is 2.98. The van der Waals surface area contributed by atoms with Gasteiger partial charge in [-0.3, -0.25) is 0 Å². The zero-order valence-corrected chi connectivity index (χ0v) is 5.41. The minimum Gasteiger partial charge on any atom is -0.402 e. The van der Waals surface area contributed by atoms with E-state index in [0.29, 0.717) is 17.7 Å². The third-order valence-electron chi connectivity index (χ3n) is 1.39. The van der Waals surface area contributed by atoms with Crippen molar-refractivity contribution in [1.82, 2.24) is 0 Å². The van der Waals surface area contributed by atoms with E-state index in [1.807, 2.05) is 6.07 Å². The van der Waals surface area contributed by atoms with Crippen molar-refractivity contribution in [3.05, 3.63) is 23.4 Å². The second-order valence-corrected chi connectivity index (χ2v) is 2.20. The quantitative estimate of drug-likeness (QED) is 0.494. The molecule has 3 nitrogen and oxygen atoms in total. The number of nitrogens with zero attached hydrogens (tertiary/aromatic N) is 1. The molecule has 1 rings (SSSR count). The summed E-state index contributed by atoms with van der Waals surface area (Å²) in [6.07, 6.45) is 2.86. The maximum Gasteiger partial charge on any atom is 0.0974 e. The lowest BCUT2D eigenvalue weighted by molar-refractivity contribution is 0.213. The van der Waals surface area contributed by atoms with Gasteiger partial charge in [0.25, 0.3) is 0 Å². The topological polar surface area (TPSA) is 70.0 Å². The Bertz CT molecular complexity index is 234. The molecule has 3 heteroatoms. The van der Waals surface area contributed by atoms with Crippen LogP contribution in [0.25, 0.3) is 0 Å². The van der Waals surface area contributed by atoms with Crippen LogP contribution in [-0.2, 0) is 0 Å². The van der Waals surface area contributed by atoms with E-state index in [1.165, 1.54) is 0 Å². The Morgan fingerprint density at radius 3 is 2.90 bits per heavy atom. The molecule has 0 fully saturated rings. The van der Waals surface area contributed by atoms with Gasteiger partial charge < -0.3 is 10.8 Å². The second kappa shape index (κ2) is 2.54. The van der Waals surface area contributed by atoms with E-state index in [9.17, 15) is 0 Å². The summed E-state index contributed by atoms with van der Waals surface area (Å²) in [5.74, 6) is 0. The highest BCUT2D eigenvalue weighted by atomic mass is 16.3. The number of nitriles is 1. The summed E-state index contributed by atoms with van der Waals surface area (Å²) in [5.41, 5.74) is 6.39. The summed E-state index contributed by atoms with van der Waals surface area (Å²) in [7, 11) is 0. The van der Waals surface area contributed by atoms with Crippen LogP contribution in [0.5, 0.6) is 0 Å². The number of rotatable bonds is 0. The van der Waals surface area contributed by atoms with Crippen molar-refractivity contribution >= 4 is 0 Å². The fourth-order valence-corrected chi connectivity index (χ4v) is 0.821. The third kappa shape index (κ3) is 1.17. The van der Waals surface area contributed by atoms with E-state index in [1.54, 1.807) is 12.2 Å². The Hall–Kier alpha value is -1.27. The minimum atomic E-state index is -0.699. The Morgan fingerprint density at radius 2 is 2.40 bits per heavy atom. The molecular formula is C7H8N2O. The number of aliphatic hydroxyl groups is 1. The highest BCUT2D eigenvalue weighted by molar-refractivity contribution is 5.35. The molecule has 0 aromatic carbocycles. The van der Waals surface area contributed by atoms with Crippen molar-refractivity contribution in [2.75, 3.05) is 0 Å². The van der Waals surface area contributed by atoms with E-state index in [0.717, 1.165) is 0 Å². The molecule has 0 amide bonds. The van der Waals surface area contributed by atoms with Crippen LogP contribution in [0.15, 0.2) is 23.4 Å². The summed E-state index contributed by atoms with van der Waals surface area (Å²) < 4.78 is 0. The van der Waals surface area contributed by atoms with Crippen LogP contribution in [0.2, 0.25) is 0 Å². The normalized spacial score (nSPS) is 24.6. The molecule has 0 spiro atoms. The van der Waals surface area contributed by atoms with Crippen molar-refractivity contribution in [3.8, 4) is 6.07 Å². The molecule has 10 heavy (non-hydrogen) atoms. The summed E-state index contributed by atoms with van der Waals surface area (Å²) in [6, 6.07) is 1.89. The smallest absolute Gasteiger partial charge is 0.0974 e. The molecule has 0 bridgehead atoms. The van der Waals surface area contributed by atoms with Gasteiger partial charge in [0.1, 0.15) is 0 Å². The monoisotopic (exact) mass is 136 g/mol. The summed E-state index contributed by atoms with van der Waals surface area (Å²) in [4.78, 5) is 0. The van der Waals surface area contributed by atoms with Crippen molar-refractivity contribution in [2.24, 2.45) is 5.73 Å². The largest absolute Gasteiger partial charge is 0.402 e. The van der Waals surface area contributed by atoms with Crippen molar-refractivity contribution in [1.29, 1.82) is 5.26 Å². The van der Waals surface area contributed by atoms with Gasteiger partial charge in [-0.15, -0.1) is 0 Å². The van der Waals surface area contributed by atoms with Gasteiger partial charge in [0.2, 0.25) is 0 Å². The molecule has 0 aromatic rings. The van der Waals surface area contributed by atoms with Gasteiger partial charge in [0, 0.05) is 12.1 Å². The maximum atomic E-state index is 9.13. The standard InChI is InChI=1S/C7H8N2O/c8-4-5-1-2-6(9)3-7(5)10/h1-2,7,10H,3,9H2. The van der Waals surface area contributed by atoms with Gasteiger partial charge in [0.05, 0.1) is 17.7 Å². The first-order valence-electron chi connectivity index (χ1n) is 2.98. The lowest BCUT2D eigenvalue weighted by Gasteiger charge is -2.12. The zero-order chi connectivity index (χ0) is 7.56. The number of hydrogen-bond donors (Lipinski definition) is 2. The van der Waals surface area contributed by atoms with Crippen molar-refractivity contribution in [3.63, 3.8) is 0 Å². The van der Waals surface area contributed by atoms with Gasteiger partial charge in [-0.25, -0.2) is 0 Å². The van der Waals surface area contributed by atoms with Crippen LogP contribution in [0, 0.1) is 11.3 Å². The van der Waals surface area contributed by atoms with Crippen LogP contribution < -0.4 is 5.73 Å². The molecule has 0 saturated carbocycles. The SMILES string of the molecule is N#CC1=CC=C(N)CC1O. The molecule has 0 aliphatic heterocycles. The van der Waals surface area contributed by atoms with E-state index in [2.05, 4.69) is 0 Å². The highest BCUT2D eigenvalue weighted by Gasteiger charge is 2.13. The average Bonchev–Trinajstić information content (AvgIpc) is 1.88. The van der Waals surface area contributed by atoms with Crippen LogP contribution in [0.1, 0.15) is 6.42 Å². The Kier molecular flexibility index (Phi) is 1.74. The van der Waals surface area contributed by atoms with Gasteiger partial charge in [-0.1, -0.05) is 0 Å². The van der Waals surface area contributed by atoms with E-state index in [4.69, 9.17) is 16.1 Å². The average molecular weight is 136 g/mol. The molecule has 3 N–H and O–H groups in total. The Morgan fingerprint density at radius 1 is 1.70 bits per heavy atom. The highest BCUT2D eigenvalue weighted by Crippen LogP contribution is 2.14. The third-order valence-corrected chi connectivity index (χ3v) is 1.39. The molecule has 0 saturated heterocycles. The predicted molar refractivity (Wildman–Crippen MR) is 36.6 cm³/mol. The fraction of sp³-hybridized carbons (Fsp3) is 0.286. The molecule has 1 aliphatic rings. The molecule has 1 aliphatic carbocycles. The minimum absolute atomic E-state index is 0.374. The molecule has 1 atom stereocenters. The summed E-state index contributed by atoms with van der Waals surface area (Å²) in [6.45, 7) is 0. The number of aliphatic hydroxyl groups excluding tert-OH is 1. The van der Waals surface area contributed by atoms with Gasteiger partial charge in [0.15, 0.2) is 0 Å². The summed E-state index contributed by atoms with van der Waals surface area (Å²) >= 11 is 0. The first kappa shape index (κ1) is 6.84. The molecule has 1 unspecified atom stereocenters. The Labute approximate surface area is 59.1 Å². The van der Waals surface area contributed by atoms with E-state index < -0.39 is 6.10 Å². The molecule has 52 valence electrons. The first-order chi connectivity index (χ1) is 4.74. The second-order valence-electron chi connectivity index (χ2n) is 2.20. The van der Waals surface area contributed by atoms with Crippen LogP contribution in [-0.4, -0.2) is 11.2 Å². The maximum absolute atomic E-state index is 9.13. The van der Waals surface area contributed by atoms with Gasteiger partial charge in [-0.05, 0) is 12.2 Å². The van der Waals surface area contributed by atoms with E-state index >= 15 is 0 Å². The summed E-state index contributed by atoms with van der Waals surface area (Å²) in [5, 5.41) is 17.5. The van der Waals surface area contributed by atoms with Crippen LogP contribution in [0.4, 0.5) is 0 Å². The fourth-order valence-electron chi connectivity index (χ4n) is 0.821. The predicted octanol–water partition coefficient (Wildman–Crippen LogP) is 0.0436. The van der Waals surface area contributed by atoms with Crippen LogP contribution in [0.3, 0.4) is 0 Å². The van der Waals surface area contributed by atoms with Crippen LogP contribution >= 0.6 is 0 Å². The number of nitrogens with two attached hydrogens (primary N) is 1. The van der Waals surface area contributed by atoms with E-state index in [-0.39, 0.29) is 0 Å². The van der Waals surface area contributed by atoms with Crippen molar-refractivity contribution < 1.29 is 5.11 Å². The molecule has 0 radical (unpaired) electrons. The van der Waals surface area contributed by atoms with Crippen molar-refractivity contribution in [2.45, 2.75) is 12.5 Å². The molecule has 0 aromatic heterocycles. The molecular weight excluding hydrogens is 128 g/mol. The Balaban J connectivity index is 2.84. The number of hydrogen-bond acceptors (Lipinski definition) is 3. The van der Waals surface area contributed by atoms with Gasteiger partial charge >= 0.3 is 0 Å². The lowest BCUT2D eigenvalue weighted by Crippen LogP contribution is -2.16. The lowest BCUT2D eigenvalue weighted by atomic mass is 10.0. The molecule has 0 heterocycles.